The second-order valence-corrected chi connectivity index (χ2v) is 34.5. The van der Waals surface area contributed by atoms with Crippen LogP contribution in [0, 0.1) is 31.0 Å². The number of terminal acetylenes is 1. The third kappa shape index (κ3) is 25.3. The Kier molecular flexibility index (Phi) is 32.7. The molecule has 1 aliphatic carbocycles. The lowest BCUT2D eigenvalue weighted by Gasteiger charge is -2.42. The number of benzene rings is 7. The summed E-state index contributed by atoms with van der Waals surface area (Å²) in [5.74, 6) is -1.53. The minimum Gasteiger partial charge on any atom is -0.496 e. The zero-order valence-electron chi connectivity index (χ0n) is 73.8. The van der Waals surface area contributed by atoms with Crippen LogP contribution in [0.5, 0.6) is 23.1 Å². The number of urea groups is 1. The first-order valence-corrected chi connectivity index (χ1v) is 43.9. The number of fused-ring (bicyclic) bond motifs is 4. The second-order valence-electron chi connectivity index (χ2n) is 33.1. The number of para-hydroxylation sites is 2. The Balaban J connectivity index is 0.732. The molecule has 2 aliphatic rings. The third-order valence-corrected chi connectivity index (χ3v) is 23.7. The van der Waals surface area contributed by atoms with E-state index in [2.05, 4.69) is 60.9 Å². The van der Waals surface area contributed by atoms with E-state index >= 15 is 0 Å². The van der Waals surface area contributed by atoms with Gasteiger partial charge in [0.1, 0.15) is 72.2 Å². The number of primary amides is 1. The van der Waals surface area contributed by atoms with Gasteiger partial charge in [-0.2, -0.15) is 0 Å². The van der Waals surface area contributed by atoms with E-state index in [1.807, 2.05) is 79.7 Å². The van der Waals surface area contributed by atoms with Gasteiger partial charge in [0.15, 0.2) is 18.5 Å². The number of likely N-dealkylation sites (N-methyl/N-ethyl adjacent to an activating group) is 1. The highest BCUT2D eigenvalue weighted by Gasteiger charge is 2.38. The first-order valence-electron chi connectivity index (χ1n) is 42.7. The number of rotatable bonds is 40. The lowest BCUT2D eigenvalue weighted by Crippen LogP contribution is -2.57. The number of hydrogen-bond donors (Lipinski definition) is 5. The molecule has 33 heteroatoms. The van der Waals surface area contributed by atoms with Crippen molar-refractivity contribution in [2.75, 3.05) is 92.2 Å². The Hall–Kier alpha value is -13.5. The monoisotopic (exact) mass is 1810 g/mol. The van der Waals surface area contributed by atoms with Crippen LogP contribution in [0.1, 0.15) is 112 Å². The number of nitrogens with zero attached hydrogens (tertiary/aromatic N) is 7. The number of aliphatic carboxylic acids is 1. The molecule has 4 heterocycles. The quantitative estimate of drug-likeness (QED) is 0.00783. The summed E-state index contributed by atoms with van der Waals surface area (Å²) in [4.78, 5) is 131. The van der Waals surface area contributed by atoms with Gasteiger partial charge < -0.3 is 83.5 Å². The van der Waals surface area contributed by atoms with Gasteiger partial charge in [-0.15, -0.1) is 17.8 Å². The van der Waals surface area contributed by atoms with E-state index in [1.54, 1.807) is 116 Å². The van der Waals surface area contributed by atoms with Crippen LogP contribution in [-0.4, -0.2) is 204 Å². The number of nitrogens with one attached hydrogen (secondary N) is 3. The van der Waals surface area contributed by atoms with Gasteiger partial charge in [-0.05, 0) is 164 Å². The van der Waals surface area contributed by atoms with Crippen LogP contribution in [-0.2, 0) is 73.7 Å². The van der Waals surface area contributed by atoms with Crippen molar-refractivity contribution in [3.05, 3.63) is 220 Å². The van der Waals surface area contributed by atoms with Crippen molar-refractivity contribution in [1.82, 2.24) is 40.4 Å². The predicted molar refractivity (Wildman–Crippen MR) is 486 cm³/mol. The first-order chi connectivity index (χ1) is 62.4. The standard InChI is InChI=1S/C97H105ClFN11O19S/c1-11-49-122-94(117)107-75(29-20-21-50-123-96(119)129-97(5,6)7)91(114)128-84(59(2)3)92(115)127-79(32-22-42-102-93(100)116)87(111)106-66-38-35-63(64(52-66)54-108(8)95(118)125-57-74-71-26-15-13-24-69(71)70-25-14-16-27-72(70)74)55-110(9)47-44-109(45-48-110)46-51-121-78-40-39-68(60(4)83(78)98)81-82-88(103-58-104-89(82)130-85(81)61-33-36-65(99)37-34-61)126-80(90(112)113)53-62-23-12-18-30-76(62)124-56-67-41-43-101-86(105-67)73-28-17-19-31-77(73)120-10/h1,12-19,23-28,30-31,33-41,43,52,58-59,74-75,79-80,84H,20-22,29,32,42,44-51,53-57H2,2-10H3,(H5-,100,102,106,107,111,112,113,116,117)/p+1/t75-,79-,80+,84-/m0/s1. The number of unbranched alkanes of at least 4 members (excludes halogenated alkanes) is 1. The molecule has 130 heavy (non-hydrogen) atoms. The average molecular weight is 1820 g/mol. The molecule has 0 unspecified atom stereocenters. The largest absolute Gasteiger partial charge is 0.508 e. The lowest BCUT2D eigenvalue weighted by molar-refractivity contribution is -0.926. The number of thiophene rings is 1. The van der Waals surface area contributed by atoms with Crippen molar-refractivity contribution in [2.24, 2.45) is 11.7 Å². The topological polar surface area (TPSA) is 369 Å². The third-order valence-electron chi connectivity index (χ3n) is 22.1. The van der Waals surface area contributed by atoms with E-state index in [1.165, 1.54) is 34.7 Å². The summed E-state index contributed by atoms with van der Waals surface area (Å²) in [7, 11) is 5.37. The molecule has 7 aromatic carbocycles. The summed E-state index contributed by atoms with van der Waals surface area (Å²) in [6, 6.07) is 45.1. The maximum atomic E-state index is 14.8. The van der Waals surface area contributed by atoms with Gasteiger partial charge in [-0.25, -0.2) is 57.9 Å². The highest BCUT2D eigenvalue weighted by molar-refractivity contribution is 7.22. The lowest BCUT2D eigenvalue weighted by atomic mass is 9.96. The number of aromatic nitrogens is 4. The smallest absolute Gasteiger partial charge is 0.496 e. The first kappa shape index (κ1) is 95.6. The number of anilines is 1. The van der Waals surface area contributed by atoms with Gasteiger partial charge in [-0.1, -0.05) is 134 Å². The number of carbonyl (C=O) groups excluding carboxylic acids is 7. The Morgan fingerprint density at radius 3 is 2.15 bits per heavy atom. The van der Waals surface area contributed by atoms with E-state index in [-0.39, 0.29) is 95.5 Å². The summed E-state index contributed by atoms with van der Waals surface area (Å²) >= 11 is 8.66. The molecule has 1 aliphatic heterocycles. The van der Waals surface area contributed by atoms with Gasteiger partial charge in [0.25, 0.3) is 5.91 Å². The molecule has 30 nitrogen and oxygen atoms in total. The Labute approximate surface area is 762 Å². The van der Waals surface area contributed by atoms with Crippen molar-refractivity contribution in [3.63, 3.8) is 0 Å². The van der Waals surface area contributed by atoms with Crippen LogP contribution >= 0.6 is 22.9 Å². The molecule has 10 aromatic rings. The molecule has 12 rings (SSSR count). The second kappa shape index (κ2) is 44.5. The van der Waals surface area contributed by atoms with Crippen LogP contribution in [0.3, 0.4) is 0 Å². The molecule has 0 bridgehead atoms. The fraction of sp³-hybridized carbons (Fsp3) is 0.361. The molecule has 0 radical (unpaired) electrons. The number of quaternary nitrogens is 1. The van der Waals surface area contributed by atoms with E-state index in [0.717, 1.165) is 27.8 Å². The number of nitrogens with two attached hydrogens (primary N) is 1. The van der Waals surface area contributed by atoms with Crippen LogP contribution in [0.15, 0.2) is 170 Å². The van der Waals surface area contributed by atoms with E-state index in [0.29, 0.717) is 132 Å². The normalized spacial score (nSPS) is 13.8. The average Bonchev–Trinajstić information content (AvgIpc) is 1.56. The van der Waals surface area contributed by atoms with Gasteiger partial charge in [0.2, 0.25) is 18.1 Å². The van der Waals surface area contributed by atoms with Crippen LogP contribution in [0.2, 0.25) is 5.02 Å². The van der Waals surface area contributed by atoms with E-state index < -0.39 is 96.5 Å². The van der Waals surface area contributed by atoms with Gasteiger partial charge in [0, 0.05) is 85.9 Å². The molecule has 0 saturated carbocycles. The zero-order chi connectivity index (χ0) is 92.8. The maximum Gasteiger partial charge on any atom is 0.508 e. The summed E-state index contributed by atoms with van der Waals surface area (Å²) in [6.45, 7) is 13.7. The van der Waals surface area contributed by atoms with Gasteiger partial charge >= 0.3 is 42.3 Å². The summed E-state index contributed by atoms with van der Waals surface area (Å²) in [5.41, 5.74) is 15.0. The van der Waals surface area contributed by atoms with E-state index in [4.69, 9.17) is 76.1 Å². The summed E-state index contributed by atoms with van der Waals surface area (Å²) < 4.78 is 73.4. The Bertz CT molecular complexity index is 5720. The molecule has 6 N–H and O–H groups in total. The molecule has 682 valence electrons. The highest BCUT2D eigenvalue weighted by atomic mass is 35.5. The number of methoxy groups -OCH3 is 1. The number of amides is 5. The van der Waals surface area contributed by atoms with Crippen LogP contribution < -0.4 is 40.6 Å². The fourth-order valence-corrected chi connectivity index (χ4v) is 16.7. The molecular formula is C97H106ClFN11O19S+. The molecule has 5 amide bonds. The zero-order valence-corrected chi connectivity index (χ0v) is 75.4. The van der Waals surface area contributed by atoms with E-state index in [9.17, 15) is 47.9 Å². The molecule has 3 aromatic heterocycles. The van der Waals surface area contributed by atoms with Gasteiger partial charge in [-0.3, -0.25) is 9.69 Å². The van der Waals surface area contributed by atoms with Crippen LogP contribution in [0.25, 0.3) is 54.3 Å². The number of hydrogen-bond acceptors (Lipinski definition) is 24. The molecule has 1 saturated heterocycles. The Morgan fingerprint density at radius 2 is 1.45 bits per heavy atom. The minimum atomic E-state index is -1.62. The fourth-order valence-electron chi connectivity index (χ4n) is 15.4. The maximum absolute atomic E-state index is 14.8. The number of carboxylic acids is 1. The number of carboxylic acid groups (broad SMARTS) is 1. The van der Waals surface area contributed by atoms with Crippen molar-refractivity contribution in [1.29, 1.82) is 0 Å². The number of ether oxygens (including phenoxy) is 10. The van der Waals surface area contributed by atoms with Crippen molar-refractivity contribution in [2.45, 2.75) is 136 Å². The minimum absolute atomic E-state index is 0.00500. The molecule has 4 atom stereocenters. The van der Waals surface area contributed by atoms with Crippen molar-refractivity contribution in [3.8, 4) is 79.6 Å². The number of alkyl carbamates (subject to hydrolysis) is 1. The SMILES string of the molecule is C#CCOC(=O)N[C@@H](CCCCOC(=O)OC(C)(C)C)C(=O)O[C@H](C(=O)O[C@@H](CCCNC(N)=O)C(=O)Nc1ccc(C[N+]2(C)CCN(CCOc3ccc(-c4c(-c5ccc(F)cc5)sc5ncnc(O[C@H](Cc6ccccc6OCc6ccnc(-c7ccccc7OC)n6)C(=O)O)c45)c(C)c3Cl)CC2)c(CN(C)C(=O)OCC2c3ccccc3-c3ccccc32)c1)C(C)C. The molecule has 1 fully saturated rings. The Morgan fingerprint density at radius 1 is 0.754 bits per heavy atom. The van der Waals surface area contributed by atoms with Crippen molar-refractivity contribution < 1.29 is 99.7 Å². The number of piperazine rings is 1. The molecular weight excluding hydrogens is 1710 g/mol. The summed E-state index contributed by atoms with van der Waals surface area (Å²) in [5, 5.41) is 19.5. The number of esters is 2. The number of carbonyl (C=O) groups is 8. The molecule has 0 spiro atoms. The highest BCUT2D eigenvalue weighted by Crippen LogP contribution is 2.50. The number of halogens is 2. The summed E-state index contributed by atoms with van der Waals surface area (Å²) in [6.07, 6.45) is 1.27. The van der Waals surface area contributed by atoms with Crippen molar-refractivity contribution >= 4 is 87.0 Å². The van der Waals surface area contributed by atoms with Crippen LogP contribution in [0.4, 0.5) is 29.3 Å². The van der Waals surface area contributed by atoms with Gasteiger partial charge in [0.05, 0.1) is 55.5 Å². The predicted octanol–water partition coefficient (Wildman–Crippen LogP) is 15.7.